The summed E-state index contributed by atoms with van der Waals surface area (Å²) in [6, 6.07) is 0.0981. The molecule has 2 saturated carbocycles. The van der Waals surface area contributed by atoms with Crippen molar-refractivity contribution in [3.63, 3.8) is 0 Å². The molecular formula is C15H26N2O2. The summed E-state index contributed by atoms with van der Waals surface area (Å²) in [6.07, 6.45) is 9.11. The highest BCUT2D eigenvalue weighted by atomic mass is 16.4. The maximum absolute atomic E-state index is 11.3. The van der Waals surface area contributed by atoms with Crippen LogP contribution in [0.15, 0.2) is 0 Å². The molecule has 3 fully saturated rings. The van der Waals surface area contributed by atoms with Crippen molar-refractivity contribution in [3.8, 4) is 0 Å². The van der Waals surface area contributed by atoms with Gasteiger partial charge in [-0.25, -0.2) is 0 Å². The van der Waals surface area contributed by atoms with E-state index in [0.29, 0.717) is 12.6 Å². The van der Waals surface area contributed by atoms with E-state index < -0.39 is 5.97 Å². The van der Waals surface area contributed by atoms with E-state index in [1.54, 1.807) is 0 Å². The van der Waals surface area contributed by atoms with Crippen LogP contribution in [0.1, 0.15) is 44.9 Å². The number of likely N-dealkylation sites (tertiary alicyclic amines) is 1. The zero-order chi connectivity index (χ0) is 13.2. The van der Waals surface area contributed by atoms with Crippen LogP contribution in [0.5, 0.6) is 0 Å². The monoisotopic (exact) mass is 266 g/mol. The quantitative estimate of drug-likeness (QED) is 0.795. The molecule has 3 rings (SSSR count). The fourth-order valence-corrected chi connectivity index (χ4v) is 3.84. The molecule has 0 spiro atoms. The summed E-state index contributed by atoms with van der Waals surface area (Å²) in [6.45, 7) is 2.91. The number of hydrogen-bond donors (Lipinski definition) is 2. The number of hydrogen-bond acceptors (Lipinski definition) is 3. The van der Waals surface area contributed by atoms with Crippen LogP contribution in [0, 0.1) is 11.8 Å². The van der Waals surface area contributed by atoms with Gasteiger partial charge in [-0.05, 0) is 44.1 Å². The van der Waals surface area contributed by atoms with Gasteiger partial charge in [0.05, 0.1) is 0 Å². The number of rotatable bonds is 5. The van der Waals surface area contributed by atoms with Gasteiger partial charge in [-0.2, -0.15) is 0 Å². The van der Waals surface area contributed by atoms with E-state index in [1.165, 1.54) is 32.1 Å². The minimum Gasteiger partial charge on any atom is -0.480 e. The Morgan fingerprint density at radius 2 is 1.89 bits per heavy atom. The smallest absolute Gasteiger partial charge is 0.322 e. The highest BCUT2D eigenvalue weighted by Crippen LogP contribution is 2.36. The number of fused-ring (bicyclic) bond motifs is 1. The third kappa shape index (κ3) is 3.48. The van der Waals surface area contributed by atoms with Crippen molar-refractivity contribution in [1.29, 1.82) is 0 Å². The van der Waals surface area contributed by atoms with Gasteiger partial charge in [0.2, 0.25) is 0 Å². The summed E-state index contributed by atoms with van der Waals surface area (Å²) < 4.78 is 0. The van der Waals surface area contributed by atoms with Crippen LogP contribution in [0.3, 0.4) is 0 Å². The zero-order valence-corrected chi connectivity index (χ0v) is 11.7. The van der Waals surface area contributed by atoms with Gasteiger partial charge in [-0.1, -0.05) is 19.3 Å². The van der Waals surface area contributed by atoms with E-state index in [-0.39, 0.29) is 6.04 Å². The zero-order valence-electron chi connectivity index (χ0n) is 11.7. The van der Waals surface area contributed by atoms with Crippen LogP contribution in [-0.2, 0) is 4.79 Å². The highest BCUT2D eigenvalue weighted by Gasteiger charge is 2.34. The van der Waals surface area contributed by atoms with Gasteiger partial charge in [0.25, 0.3) is 0 Å². The lowest BCUT2D eigenvalue weighted by molar-refractivity contribution is -0.140. The van der Waals surface area contributed by atoms with Gasteiger partial charge >= 0.3 is 5.97 Å². The van der Waals surface area contributed by atoms with E-state index in [0.717, 1.165) is 37.8 Å². The molecule has 0 amide bonds. The van der Waals surface area contributed by atoms with Crippen molar-refractivity contribution in [2.75, 3.05) is 19.6 Å². The average Bonchev–Trinajstić information content (AvgIpc) is 3.22. The number of carbonyl (C=O) groups is 1. The fourth-order valence-electron chi connectivity index (χ4n) is 3.84. The first-order valence-electron chi connectivity index (χ1n) is 7.93. The van der Waals surface area contributed by atoms with Crippen LogP contribution < -0.4 is 5.32 Å². The van der Waals surface area contributed by atoms with Crippen LogP contribution in [0.4, 0.5) is 0 Å². The summed E-state index contributed by atoms with van der Waals surface area (Å²) in [5, 5.41) is 12.6. The van der Waals surface area contributed by atoms with E-state index in [9.17, 15) is 9.90 Å². The third-order valence-corrected chi connectivity index (χ3v) is 5.13. The van der Waals surface area contributed by atoms with Gasteiger partial charge in [0.15, 0.2) is 0 Å². The summed E-state index contributed by atoms with van der Waals surface area (Å²) in [7, 11) is 0. The lowest BCUT2D eigenvalue weighted by atomic mass is 9.75. The Kier molecular flexibility index (Phi) is 4.08. The Morgan fingerprint density at radius 1 is 1.16 bits per heavy atom. The first-order valence-corrected chi connectivity index (χ1v) is 7.93. The predicted molar refractivity (Wildman–Crippen MR) is 74.1 cm³/mol. The second-order valence-electron chi connectivity index (χ2n) is 6.68. The Morgan fingerprint density at radius 3 is 2.58 bits per heavy atom. The summed E-state index contributed by atoms with van der Waals surface area (Å²) in [5.74, 6) is 1.07. The van der Waals surface area contributed by atoms with E-state index in [2.05, 4.69) is 10.2 Å². The first-order chi connectivity index (χ1) is 9.22. The van der Waals surface area contributed by atoms with Gasteiger partial charge < -0.3 is 15.3 Å². The molecule has 0 radical (unpaired) electrons. The molecule has 1 aliphatic heterocycles. The largest absolute Gasteiger partial charge is 0.480 e. The molecule has 0 aromatic carbocycles. The highest BCUT2D eigenvalue weighted by molar-refractivity contribution is 5.73. The average molecular weight is 266 g/mol. The maximum Gasteiger partial charge on any atom is 0.322 e. The lowest BCUT2D eigenvalue weighted by Crippen LogP contribution is -2.51. The SMILES string of the molecule is O=C(O)C(CN1CCC2CCCCC2C1)NC1CC1. The van der Waals surface area contributed by atoms with Crippen molar-refractivity contribution >= 4 is 5.97 Å². The molecule has 3 atom stereocenters. The van der Waals surface area contributed by atoms with Crippen LogP contribution in [-0.4, -0.2) is 47.7 Å². The summed E-state index contributed by atoms with van der Waals surface area (Å²) in [4.78, 5) is 13.7. The molecule has 19 heavy (non-hydrogen) atoms. The molecule has 0 aromatic heterocycles. The Labute approximate surface area is 115 Å². The minimum absolute atomic E-state index is 0.368. The van der Waals surface area contributed by atoms with E-state index >= 15 is 0 Å². The molecule has 3 unspecified atom stereocenters. The van der Waals surface area contributed by atoms with E-state index in [4.69, 9.17) is 0 Å². The van der Waals surface area contributed by atoms with Crippen LogP contribution in [0.2, 0.25) is 0 Å². The molecule has 0 aromatic rings. The molecule has 1 heterocycles. The second-order valence-corrected chi connectivity index (χ2v) is 6.68. The minimum atomic E-state index is -0.683. The van der Waals surface area contributed by atoms with Crippen molar-refractivity contribution in [3.05, 3.63) is 0 Å². The molecule has 4 heteroatoms. The number of carboxylic acid groups (broad SMARTS) is 1. The molecule has 3 aliphatic rings. The predicted octanol–water partition coefficient (Wildman–Crippen LogP) is 1.70. The third-order valence-electron chi connectivity index (χ3n) is 5.13. The maximum atomic E-state index is 11.3. The standard InChI is InChI=1S/C15H26N2O2/c18-15(19)14(16-13-5-6-13)10-17-8-7-11-3-1-2-4-12(11)9-17/h11-14,16H,1-10H2,(H,18,19). The van der Waals surface area contributed by atoms with Crippen molar-refractivity contribution in [2.24, 2.45) is 11.8 Å². The summed E-state index contributed by atoms with van der Waals surface area (Å²) >= 11 is 0. The molecule has 1 saturated heterocycles. The molecule has 2 N–H and O–H groups in total. The normalized spacial score (nSPS) is 33.7. The van der Waals surface area contributed by atoms with Gasteiger partial charge in [-0.3, -0.25) is 4.79 Å². The van der Waals surface area contributed by atoms with Gasteiger partial charge in [0, 0.05) is 19.1 Å². The topological polar surface area (TPSA) is 52.6 Å². The second kappa shape index (κ2) is 5.80. The van der Waals surface area contributed by atoms with Crippen molar-refractivity contribution < 1.29 is 9.90 Å². The summed E-state index contributed by atoms with van der Waals surface area (Å²) in [5.41, 5.74) is 0. The molecule has 108 valence electrons. The fraction of sp³-hybridized carbons (Fsp3) is 0.933. The molecule has 4 nitrogen and oxygen atoms in total. The Balaban J connectivity index is 1.51. The van der Waals surface area contributed by atoms with Crippen molar-refractivity contribution in [2.45, 2.75) is 57.0 Å². The molecule has 0 bridgehead atoms. The Hall–Kier alpha value is -0.610. The number of nitrogens with one attached hydrogen (secondary N) is 1. The molecule has 2 aliphatic carbocycles. The van der Waals surface area contributed by atoms with E-state index in [1.807, 2.05) is 0 Å². The van der Waals surface area contributed by atoms with Gasteiger partial charge in [0.1, 0.15) is 6.04 Å². The van der Waals surface area contributed by atoms with Crippen LogP contribution >= 0.6 is 0 Å². The van der Waals surface area contributed by atoms with Crippen molar-refractivity contribution in [1.82, 2.24) is 10.2 Å². The Bertz CT molecular complexity index is 330. The first kappa shape index (κ1) is 13.4. The lowest BCUT2D eigenvalue weighted by Gasteiger charge is -2.42. The number of nitrogens with zero attached hydrogens (tertiary/aromatic N) is 1. The number of aliphatic carboxylic acids is 1. The van der Waals surface area contributed by atoms with Crippen LogP contribution in [0.25, 0.3) is 0 Å². The molecular weight excluding hydrogens is 240 g/mol. The number of piperidine rings is 1. The van der Waals surface area contributed by atoms with Gasteiger partial charge in [-0.15, -0.1) is 0 Å². The number of carboxylic acids is 1.